The molecule has 58 valence electrons. The van der Waals surface area contributed by atoms with Crippen LogP contribution in [0.1, 0.15) is 11.6 Å². The van der Waals surface area contributed by atoms with Crippen LogP contribution in [0.4, 0.5) is 0 Å². The fourth-order valence-corrected chi connectivity index (χ4v) is 0.944. The van der Waals surface area contributed by atoms with Crippen molar-refractivity contribution >= 4 is 6.72 Å². The van der Waals surface area contributed by atoms with E-state index in [1.54, 1.807) is 0 Å². The molecule has 0 amide bonds. The maximum absolute atomic E-state index is 8.85. The Morgan fingerprint density at radius 2 is 2.00 bits per heavy atom. The summed E-state index contributed by atoms with van der Waals surface area (Å²) >= 11 is 0. The molecule has 0 aliphatic rings. The van der Waals surface area contributed by atoms with Crippen LogP contribution in [0.15, 0.2) is 35.3 Å². The third kappa shape index (κ3) is 1.88. The van der Waals surface area contributed by atoms with E-state index in [9.17, 15) is 0 Å². The zero-order valence-corrected chi connectivity index (χ0v) is 6.27. The number of nitrogens with zero attached hydrogens (tertiary/aromatic N) is 1. The Morgan fingerprint density at radius 3 is 2.45 bits per heavy atom. The van der Waals surface area contributed by atoms with Gasteiger partial charge in [-0.2, -0.15) is 0 Å². The van der Waals surface area contributed by atoms with Crippen LogP contribution in [-0.4, -0.2) is 18.4 Å². The van der Waals surface area contributed by atoms with Gasteiger partial charge in [-0.1, -0.05) is 30.3 Å². The predicted molar refractivity (Wildman–Crippen MR) is 45.8 cm³/mol. The standard InChI is InChI=1S/C9H11NO/c1-10-9(7-11)8-5-3-2-4-6-8/h2-6,9,11H,1,7H2/t9-/m0/s1. The molecule has 0 aliphatic carbocycles. The van der Waals surface area contributed by atoms with Crippen LogP contribution in [0, 0.1) is 0 Å². The third-order valence-electron chi connectivity index (χ3n) is 1.58. The maximum atomic E-state index is 8.85. The summed E-state index contributed by atoms with van der Waals surface area (Å²) in [5, 5.41) is 8.85. The van der Waals surface area contributed by atoms with Gasteiger partial charge >= 0.3 is 0 Å². The largest absolute Gasteiger partial charge is 0.394 e. The van der Waals surface area contributed by atoms with E-state index >= 15 is 0 Å². The summed E-state index contributed by atoms with van der Waals surface area (Å²) < 4.78 is 0. The highest BCUT2D eigenvalue weighted by Crippen LogP contribution is 2.14. The van der Waals surface area contributed by atoms with Gasteiger partial charge in [0.1, 0.15) is 0 Å². The molecule has 0 radical (unpaired) electrons. The molecule has 1 atom stereocenters. The second-order valence-electron chi connectivity index (χ2n) is 2.29. The quantitative estimate of drug-likeness (QED) is 0.648. The average Bonchev–Trinajstić information content (AvgIpc) is 2.09. The first-order valence-corrected chi connectivity index (χ1v) is 3.50. The lowest BCUT2D eigenvalue weighted by molar-refractivity contribution is 0.269. The molecule has 1 N–H and O–H groups in total. The molecule has 1 rings (SSSR count). The number of hydrogen-bond donors (Lipinski definition) is 1. The second kappa shape index (κ2) is 3.88. The Balaban J connectivity index is 2.82. The van der Waals surface area contributed by atoms with Gasteiger partial charge in [0.05, 0.1) is 12.6 Å². The molecule has 0 bridgehead atoms. The van der Waals surface area contributed by atoms with Crippen LogP contribution in [0.2, 0.25) is 0 Å². The average molecular weight is 149 g/mol. The van der Waals surface area contributed by atoms with E-state index in [4.69, 9.17) is 5.11 Å². The number of hydrogen-bond acceptors (Lipinski definition) is 2. The van der Waals surface area contributed by atoms with Crippen LogP contribution >= 0.6 is 0 Å². The van der Waals surface area contributed by atoms with Crippen molar-refractivity contribution in [2.75, 3.05) is 6.61 Å². The van der Waals surface area contributed by atoms with E-state index in [0.717, 1.165) is 5.56 Å². The van der Waals surface area contributed by atoms with Gasteiger partial charge in [0.25, 0.3) is 0 Å². The first-order valence-electron chi connectivity index (χ1n) is 3.50. The van der Waals surface area contributed by atoms with Gasteiger partial charge in [0, 0.05) is 0 Å². The normalized spacial score (nSPS) is 12.5. The molecule has 0 heterocycles. The highest BCUT2D eigenvalue weighted by molar-refractivity contribution is 5.28. The summed E-state index contributed by atoms with van der Waals surface area (Å²) in [7, 11) is 0. The van der Waals surface area contributed by atoms with Crippen molar-refractivity contribution in [3.63, 3.8) is 0 Å². The lowest BCUT2D eigenvalue weighted by Gasteiger charge is -2.06. The number of rotatable bonds is 3. The SMILES string of the molecule is C=N[C@@H](CO)c1ccccc1. The van der Waals surface area contributed by atoms with Gasteiger partial charge in [-0.3, -0.25) is 4.99 Å². The molecule has 0 fully saturated rings. The van der Waals surface area contributed by atoms with Gasteiger partial charge in [-0.25, -0.2) is 0 Å². The lowest BCUT2D eigenvalue weighted by Crippen LogP contribution is -1.99. The van der Waals surface area contributed by atoms with Crippen molar-refractivity contribution in [3.05, 3.63) is 35.9 Å². The number of benzene rings is 1. The first-order chi connectivity index (χ1) is 5.38. The summed E-state index contributed by atoms with van der Waals surface area (Å²) in [6, 6.07) is 9.45. The minimum Gasteiger partial charge on any atom is -0.394 e. The van der Waals surface area contributed by atoms with Crippen LogP contribution in [0.3, 0.4) is 0 Å². The molecule has 1 aromatic rings. The molecule has 11 heavy (non-hydrogen) atoms. The molecule has 0 unspecified atom stereocenters. The van der Waals surface area contributed by atoms with E-state index in [0.29, 0.717) is 0 Å². The molecule has 1 aromatic carbocycles. The smallest absolute Gasteiger partial charge is 0.0972 e. The zero-order chi connectivity index (χ0) is 8.10. The summed E-state index contributed by atoms with van der Waals surface area (Å²) in [4.78, 5) is 3.78. The van der Waals surface area contributed by atoms with Crippen LogP contribution in [-0.2, 0) is 0 Å². The maximum Gasteiger partial charge on any atom is 0.0972 e. The molecular formula is C9H11NO. The van der Waals surface area contributed by atoms with Crippen molar-refractivity contribution in [3.8, 4) is 0 Å². The summed E-state index contributed by atoms with van der Waals surface area (Å²) in [5.74, 6) is 0. The Morgan fingerprint density at radius 1 is 1.36 bits per heavy atom. The molecule has 2 nitrogen and oxygen atoms in total. The monoisotopic (exact) mass is 149 g/mol. The van der Waals surface area contributed by atoms with Gasteiger partial charge < -0.3 is 5.11 Å². The molecule has 0 aromatic heterocycles. The summed E-state index contributed by atoms with van der Waals surface area (Å²) in [6.45, 7) is 3.42. The van der Waals surface area contributed by atoms with E-state index in [1.165, 1.54) is 0 Å². The number of aliphatic hydroxyl groups excluding tert-OH is 1. The van der Waals surface area contributed by atoms with Crippen LogP contribution in [0.5, 0.6) is 0 Å². The molecular weight excluding hydrogens is 138 g/mol. The van der Waals surface area contributed by atoms with Crippen LogP contribution < -0.4 is 0 Å². The van der Waals surface area contributed by atoms with E-state index < -0.39 is 0 Å². The van der Waals surface area contributed by atoms with E-state index in [-0.39, 0.29) is 12.6 Å². The molecule has 0 spiro atoms. The predicted octanol–water partition coefficient (Wildman–Crippen LogP) is 1.42. The topological polar surface area (TPSA) is 32.6 Å². The first kappa shape index (κ1) is 7.95. The molecule has 0 saturated heterocycles. The third-order valence-corrected chi connectivity index (χ3v) is 1.58. The Kier molecular flexibility index (Phi) is 2.81. The highest BCUT2D eigenvalue weighted by Gasteiger charge is 2.04. The fourth-order valence-electron chi connectivity index (χ4n) is 0.944. The Hall–Kier alpha value is -1.15. The Bertz CT molecular complexity index is 220. The van der Waals surface area contributed by atoms with Gasteiger partial charge in [0.2, 0.25) is 0 Å². The van der Waals surface area contributed by atoms with Crippen LogP contribution in [0.25, 0.3) is 0 Å². The molecule has 2 heteroatoms. The Labute approximate surface area is 66.2 Å². The second-order valence-corrected chi connectivity index (χ2v) is 2.29. The number of aliphatic imine (C=N–C) groups is 1. The van der Waals surface area contributed by atoms with Crippen molar-refractivity contribution < 1.29 is 5.11 Å². The van der Waals surface area contributed by atoms with Crippen molar-refractivity contribution in [1.29, 1.82) is 0 Å². The van der Waals surface area contributed by atoms with Gasteiger partial charge in [-0.15, -0.1) is 0 Å². The van der Waals surface area contributed by atoms with Crippen molar-refractivity contribution in [1.82, 2.24) is 0 Å². The van der Waals surface area contributed by atoms with Crippen molar-refractivity contribution in [2.45, 2.75) is 6.04 Å². The van der Waals surface area contributed by atoms with E-state index in [1.807, 2.05) is 30.3 Å². The summed E-state index contributed by atoms with van der Waals surface area (Å²) in [5.41, 5.74) is 1.00. The zero-order valence-electron chi connectivity index (χ0n) is 6.27. The van der Waals surface area contributed by atoms with Gasteiger partial charge in [-0.05, 0) is 12.3 Å². The molecule has 0 aliphatic heterocycles. The lowest BCUT2D eigenvalue weighted by atomic mass is 10.1. The molecule has 0 saturated carbocycles. The highest BCUT2D eigenvalue weighted by atomic mass is 16.3. The van der Waals surface area contributed by atoms with E-state index in [2.05, 4.69) is 11.7 Å². The fraction of sp³-hybridized carbons (Fsp3) is 0.222. The van der Waals surface area contributed by atoms with Crippen molar-refractivity contribution in [2.24, 2.45) is 4.99 Å². The minimum atomic E-state index is -0.170. The number of aliphatic hydroxyl groups is 1. The van der Waals surface area contributed by atoms with Gasteiger partial charge in [0.15, 0.2) is 0 Å². The minimum absolute atomic E-state index is 0.0213. The summed E-state index contributed by atoms with van der Waals surface area (Å²) in [6.07, 6.45) is 0.